The summed E-state index contributed by atoms with van der Waals surface area (Å²) >= 11 is 20.7. The number of halogens is 3. The summed E-state index contributed by atoms with van der Waals surface area (Å²) in [6.07, 6.45) is 0.369. The van der Waals surface area contributed by atoms with E-state index in [0.717, 1.165) is 11.1 Å². The molecule has 37 heavy (non-hydrogen) atoms. The van der Waals surface area contributed by atoms with E-state index in [1.807, 2.05) is 68.4 Å². The molecule has 8 heteroatoms. The lowest BCUT2D eigenvalue weighted by Gasteiger charge is -2.32. The van der Waals surface area contributed by atoms with Crippen LogP contribution in [0.1, 0.15) is 30.5 Å². The third kappa shape index (κ3) is 8.96. The molecule has 3 aromatic rings. The molecule has 3 rings (SSSR count). The number of benzene rings is 3. The highest BCUT2D eigenvalue weighted by atomic mass is 35.5. The zero-order chi connectivity index (χ0) is 26.8. The standard InChI is InChI=1S/C29H31Cl3N2O2S/c1-20(2)16-33-29(36)27(15-21-9-4-3-5-10-21)34(17-23-25(31)13-8-14-26(23)32)28(35)19-37-18-22-11-6-7-12-24(22)30/h3-14,20,27H,15-19H2,1-2H3,(H,33,36). The second-order valence-corrected chi connectivity index (χ2v) is 11.4. The lowest BCUT2D eigenvalue weighted by Crippen LogP contribution is -2.51. The maximum Gasteiger partial charge on any atom is 0.243 e. The number of hydrogen-bond acceptors (Lipinski definition) is 3. The molecular weight excluding hydrogens is 547 g/mol. The average molecular weight is 578 g/mol. The summed E-state index contributed by atoms with van der Waals surface area (Å²) in [6, 6.07) is 21.8. The van der Waals surface area contributed by atoms with Gasteiger partial charge in [-0.1, -0.05) is 103 Å². The molecule has 0 radical (unpaired) electrons. The average Bonchev–Trinajstić information content (AvgIpc) is 2.87. The number of carbonyl (C=O) groups is 2. The molecule has 0 saturated carbocycles. The van der Waals surface area contributed by atoms with E-state index in [1.54, 1.807) is 23.1 Å². The Morgan fingerprint density at radius 2 is 1.49 bits per heavy atom. The molecule has 1 atom stereocenters. The summed E-state index contributed by atoms with van der Waals surface area (Å²) in [5, 5.41) is 4.59. The van der Waals surface area contributed by atoms with Crippen molar-refractivity contribution < 1.29 is 9.59 Å². The Bertz CT molecular complexity index is 1170. The fraction of sp³-hybridized carbons (Fsp3) is 0.310. The molecule has 2 amide bonds. The van der Waals surface area contributed by atoms with E-state index in [2.05, 4.69) is 5.32 Å². The molecular formula is C29H31Cl3N2O2S. The Kier molecular flexibility index (Phi) is 11.7. The van der Waals surface area contributed by atoms with E-state index in [4.69, 9.17) is 34.8 Å². The van der Waals surface area contributed by atoms with Crippen LogP contribution >= 0.6 is 46.6 Å². The lowest BCUT2D eigenvalue weighted by atomic mass is 10.0. The van der Waals surface area contributed by atoms with Crippen molar-refractivity contribution in [1.82, 2.24) is 10.2 Å². The SMILES string of the molecule is CC(C)CNC(=O)C(Cc1ccccc1)N(Cc1c(Cl)cccc1Cl)C(=O)CSCc1ccccc1Cl. The van der Waals surface area contributed by atoms with Crippen molar-refractivity contribution in [1.29, 1.82) is 0 Å². The summed E-state index contributed by atoms with van der Waals surface area (Å²) in [6.45, 7) is 4.70. The molecule has 0 bridgehead atoms. The molecule has 1 unspecified atom stereocenters. The van der Waals surface area contributed by atoms with Crippen LogP contribution in [0.5, 0.6) is 0 Å². The smallest absolute Gasteiger partial charge is 0.243 e. The first-order chi connectivity index (χ1) is 17.8. The molecule has 3 aromatic carbocycles. The summed E-state index contributed by atoms with van der Waals surface area (Å²) in [5.41, 5.74) is 2.53. The molecule has 0 aliphatic rings. The third-order valence-corrected chi connectivity index (χ3v) is 7.83. The maximum atomic E-state index is 13.7. The van der Waals surface area contributed by atoms with Gasteiger partial charge in [0.1, 0.15) is 6.04 Å². The van der Waals surface area contributed by atoms with E-state index in [-0.39, 0.29) is 30.0 Å². The fourth-order valence-electron chi connectivity index (χ4n) is 3.78. The van der Waals surface area contributed by atoms with Gasteiger partial charge in [0.2, 0.25) is 11.8 Å². The predicted octanol–water partition coefficient (Wildman–Crippen LogP) is 7.29. The van der Waals surface area contributed by atoms with Gasteiger partial charge in [0, 0.05) is 45.9 Å². The summed E-state index contributed by atoms with van der Waals surface area (Å²) in [7, 11) is 0. The molecule has 0 heterocycles. The number of thioether (sulfide) groups is 1. The van der Waals surface area contributed by atoms with Crippen LogP contribution in [0.2, 0.25) is 15.1 Å². The molecule has 0 aliphatic heterocycles. The van der Waals surface area contributed by atoms with Crippen molar-refractivity contribution in [2.24, 2.45) is 5.92 Å². The van der Waals surface area contributed by atoms with Gasteiger partial charge in [-0.25, -0.2) is 0 Å². The van der Waals surface area contributed by atoms with E-state index in [9.17, 15) is 9.59 Å². The fourth-order valence-corrected chi connectivity index (χ4v) is 5.49. The quantitative estimate of drug-likeness (QED) is 0.246. The second kappa shape index (κ2) is 14.7. The molecule has 1 N–H and O–H groups in total. The second-order valence-electron chi connectivity index (χ2n) is 9.15. The van der Waals surface area contributed by atoms with Gasteiger partial charge in [-0.2, -0.15) is 0 Å². The Hall–Kier alpha value is -2.18. The van der Waals surface area contributed by atoms with Gasteiger partial charge in [-0.05, 0) is 35.2 Å². The maximum absolute atomic E-state index is 13.7. The van der Waals surface area contributed by atoms with Crippen molar-refractivity contribution in [3.8, 4) is 0 Å². The minimum absolute atomic E-state index is 0.122. The van der Waals surface area contributed by atoms with Crippen molar-refractivity contribution in [2.75, 3.05) is 12.3 Å². The summed E-state index contributed by atoms with van der Waals surface area (Å²) in [4.78, 5) is 28.8. The van der Waals surface area contributed by atoms with E-state index in [1.165, 1.54) is 11.8 Å². The van der Waals surface area contributed by atoms with Crippen molar-refractivity contribution in [2.45, 2.75) is 38.6 Å². The Balaban J connectivity index is 1.90. The van der Waals surface area contributed by atoms with Gasteiger partial charge in [-0.15, -0.1) is 11.8 Å². The molecule has 0 fully saturated rings. The largest absolute Gasteiger partial charge is 0.354 e. The van der Waals surface area contributed by atoms with Crippen LogP contribution in [0.3, 0.4) is 0 Å². The Morgan fingerprint density at radius 3 is 2.14 bits per heavy atom. The molecule has 4 nitrogen and oxygen atoms in total. The van der Waals surface area contributed by atoms with Gasteiger partial charge >= 0.3 is 0 Å². The van der Waals surface area contributed by atoms with Crippen LogP contribution in [0, 0.1) is 5.92 Å². The van der Waals surface area contributed by atoms with E-state index >= 15 is 0 Å². The van der Waals surface area contributed by atoms with Gasteiger partial charge in [0.05, 0.1) is 5.75 Å². The highest BCUT2D eigenvalue weighted by Gasteiger charge is 2.31. The minimum atomic E-state index is -0.734. The van der Waals surface area contributed by atoms with Gasteiger partial charge in [-0.3, -0.25) is 9.59 Å². The molecule has 0 saturated heterocycles. The minimum Gasteiger partial charge on any atom is -0.354 e. The highest BCUT2D eigenvalue weighted by molar-refractivity contribution is 7.99. The molecule has 196 valence electrons. The topological polar surface area (TPSA) is 49.4 Å². The number of amides is 2. The number of hydrogen-bond donors (Lipinski definition) is 1. The zero-order valence-electron chi connectivity index (χ0n) is 20.9. The highest BCUT2D eigenvalue weighted by Crippen LogP contribution is 2.28. The van der Waals surface area contributed by atoms with Crippen molar-refractivity contribution in [3.63, 3.8) is 0 Å². The normalized spacial score (nSPS) is 11.8. The first kappa shape index (κ1) is 29.4. The van der Waals surface area contributed by atoms with Crippen molar-refractivity contribution >= 4 is 58.4 Å². The summed E-state index contributed by atoms with van der Waals surface area (Å²) in [5.74, 6) is 0.652. The molecule has 0 aliphatic carbocycles. The number of carbonyl (C=O) groups excluding carboxylic acids is 2. The monoisotopic (exact) mass is 576 g/mol. The van der Waals surface area contributed by atoms with Gasteiger partial charge < -0.3 is 10.2 Å². The molecule has 0 spiro atoms. The van der Waals surface area contributed by atoms with Crippen LogP contribution in [0.15, 0.2) is 72.8 Å². The summed E-state index contributed by atoms with van der Waals surface area (Å²) < 4.78 is 0. The number of nitrogens with zero attached hydrogens (tertiary/aromatic N) is 1. The Morgan fingerprint density at radius 1 is 0.865 bits per heavy atom. The first-order valence-electron chi connectivity index (χ1n) is 12.1. The third-order valence-electron chi connectivity index (χ3n) is 5.79. The van der Waals surface area contributed by atoms with Crippen LogP contribution in [-0.4, -0.2) is 35.1 Å². The molecule has 0 aromatic heterocycles. The first-order valence-corrected chi connectivity index (χ1v) is 14.4. The van der Waals surface area contributed by atoms with Crippen LogP contribution in [0.4, 0.5) is 0 Å². The van der Waals surface area contributed by atoms with Crippen LogP contribution in [0.25, 0.3) is 0 Å². The van der Waals surface area contributed by atoms with Crippen molar-refractivity contribution in [3.05, 3.63) is 105 Å². The van der Waals surface area contributed by atoms with Gasteiger partial charge in [0.25, 0.3) is 0 Å². The van der Waals surface area contributed by atoms with E-state index in [0.29, 0.717) is 39.3 Å². The predicted molar refractivity (Wildman–Crippen MR) is 156 cm³/mol. The van der Waals surface area contributed by atoms with Crippen LogP contribution in [-0.2, 0) is 28.3 Å². The number of nitrogens with one attached hydrogen (secondary N) is 1. The lowest BCUT2D eigenvalue weighted by molar-refractivity contribution is -0.139. The zero-order valence-corrected chi connectivity index (χ0v) is 24.0. The Labute approximate surface area is 238 Å². The van der Waals surface area contributed by atoms with Gasteiger partial charge in [0.15, 0.2) is 0 Å². The number of rotatable bonds is 12. The van der Waals surface area contributed by atoms with Crippen LogP contribution < -0.4 is 5.32 Å². The van der Waals surface area contributed by atoms with E-state index < -0.39 is 6.04 Å².